The minimum atomic E-state index is -1.68. The average Bonchev–Trinajstić information content (AvgIpc) is 2.01. The molecule has 14 heavy (non-hydrogen) atoms. The maximum absolute atomic E-state index is 10.5. The van der Waals surface area contributed by atoms with E-state index in [4.69, 9.17) is 28.3 Å². The van der Waals surface area contributed by atoms with Crippen molar-refractivity contribution in [3.05, 3.63) is 33.3 Å². The Bertz CT molecular complexity index is 353. The molecule has 2 N–H and O–H groups in total. The normalized spacial score (nSPS) is 12.6. The van der Waals surface area contributed by atoms with Crippen molar-refractivity contribution in [1.29, 1.82) is 0 Å². The first-order valence-electron chi connectivity index (χ1n) is 3.80. The van der Waals surface area contributed by atoms with Crippen molar-refractivity contribution >= 4 is 29.2 Å². The Morgan fingerprint density at radius 1 is 1.36 bits per heavy atom. The Morgan fingerprint density at radius 2 is 1.79 bits per heavy atom. The number of aliphatic hydroxyl groups excluding tert-OH is 1. The lowest BCUT2D eigenvalue weighted by molar-refractivity contribution is -0.146. The molecular formula is C9H8Cl2O3. The lowest BCUT2D eigenvalue weighted by atomic mass is 10.1. The van der Waals surface area contributed by atoms with E-state index < -0.39 is 12.1 Å². The lowest BCUT2D eigenvalue weighted by Crippen LogP contribution is -2.11. The van der Waals surface area contributed by atoms with Gasteiger partial charge in [0.05, 0.1) is 0 Å². The second kappa shape index (κ2) is 4.17. The Labute approximate surface area is 90.9 Å². The van der Waals surface area contributed by atoms with Crippen molar-refractivity contribution in [3.63, 3.8) is 0 Å². The number of aliphatic hydroxyl groups is 1. The molecule has 0 spiro atoms. The molecular weight excluding hydrogens is 227 g/mol. The first-order valence-corrected chi connectivity index (χ1v) is 4.55. The molecule has 0 aliphatic carbocycles. The molecule has 1 aromatic rings. The predicted octanol–water partition coefficient (Wildman–Crippen LogP) is 2.42. The van der Waals surface area contributed by atoms with E-state index in [1.807, 2.05) is 0 Å². The van der Waals surface area contributed by atoms with Crippen LogP contribution in [0.4, 0.5) is 0 Å². The fraction of sp³-hybridized carbons (Fsp3) is 0.222. The summed E-state index contributed by atoms with van der Waals surface area (Å²) in [5.74, 6) is -1.38. The van der Waals surface area contributed by atoms with Crippen LogP contribution in [0.2, 0.25) is 10.0 Å². The van der Waals surface area contributed by atoms with Crippen LogP contribution in [0.1, 0.15) is 17.2 Å². The highest BCUT2D eigenvalue weighted by molar-refractivity contribution is 6.36. The van der Waals surface area contributed by atoms with Crippen molar-refractivity contribution < 1.29 is 15.0 Å². The summed E-state index contributed by atoms with van der Waals surface area (Å²) < 4.78 is 0. The molecule has 3 nitrogen and oxygen atoms in total. The highest BCUT2D eigenvalue weighted by atomic mass is 35.5. The van der Waals surface area contributed by atoms with Gasteiger partial charge in [-0.2, -0.15) is 0 Å². The summed E-state index contributed by atoms with van der Waals surface area (Å²) >= 11 is 11.5. The molecule has 1 atom stereocenters. The number of carboxylic acid groups (broad SMARTS) is 1. The van der Waals surface area contributed by atoms with Gasteiger partial charge in [-0.1, -0.05) is 23.2 Å². The van der Waals surface area contributed by atoms with Gasteiger partial charge in [0.2, 0.25) is 0 Å². The molecule has 0 bridgehead atoms. The van der Waals surface area contributed by atoms with Gasteiger partial charge in [0.25, 0.3) is 0 Å². The van der Waals surface area contributed by atoms with Crippen LogP contribution in [0, 0.1) is 6.92 Å². The van der Waals surface area contributed by atoms with E-state index in [-0.39, 0.29) is 15.6 Å². The molecule has 0 aliphatic rings. The molecule has 5 heteroatoms. The first-order chi connectivity index (χ1) is 6.43. The third kappa shape index (κ3) is 2.18. The van der Waals surface area contributed by atoms with Gasteiger partial charge in [0.1, 0.15) is 0 Å². The van der Waals surface area contributed by atoms with Crippen molar-refractivity contribution in [2.45, 2.75) is 13.0 Å². The third-order valence-electron chi connectivity index (χ3n) is 1.73. The Kier molecular flexibility index (Phi) is 3.37. The number of benzene rings is 1. The average molecular weight is 235 g/mol. The van der Waals surface area contributed by atoms with Gasteiger partial charge in [0.15, 0.2) is 6.10 Å². The number of rotatable bonds is 2. The van der Waals surface area contributed by atoms with Gasteiger partial charge >= 0.3 is 5.97 Å². The summed E-state index contributed by atoms with van der Waals surface area (Å²) in [7, 11) is 0. The fourth-order valence-electron chi connectivity index (χ4n) is 1.10. The van der Waals surface area contributed by atoms with Crippen LogP contribution >= 0.6 is 23.2 Å². The number of hydrogen-bond acceptors (Lipinski definition) is 2. The number of aliphatic carboxylic acids is 1. The zero-order valence-corrected chi connectivity index (χ0v) is 8.80. The van der Waals surface area contributed by atoms with E-state index in [0.29, 0.717) is 0 Å². The summed E-state index contributed by atoms with van der Waals surface area (Å²) in [6, 6.07) is 3.10. The Hall–Kier alpha value is -0.770. The number of hydrogen-bond donors (Lipinski definition) is 2. The maximum atomic E-state index is 10.5. The number of halogens is 2. The second-order valence-electron chi connectivity index (χ2n) is 2.88. The molecule has 0 saturated carbocycles. The molecule has 0 heterocycles. The van der Waals surface area contributed by atoms with Crippen LogP contribution in [-0.2, 0) is 4.79 Å². The van der Waals surface area contributed by atoms with E-state index in [2.05, 4.69) is 0 Å². The van der Waals surface area contributed by atoms with E-state index in [0.717, 1.165) is 5.56 Å². The standard InChI is InChI=1S/C9H8Cl2O3/c1-4-2-5(10)7(6(11)3-4)8(12)9(13)14/h2-3,8,12H,1H3,(H,13,14). The van der Waals surface area contributed by atoms with Crippen LogP contribution in [0.15, 0.2) is 12.1 Å². The summed E-state index contributed by atoms with van der Waals surface area (Å²) in [6.07, 6.45) is -1.68. The summed E-state index contributed by atoms with van der Waals surface area (Å²) in [4.78, 5) is 10.5. The summed E-state index contributed by atoms with van der Waals surface area (Å²) in [5, 5.41) is 18.2. The Morgan fingerprint density at radius 3 is 2.14 bits per heavy atom. The van der Waals surface area contributed by atoms with Gasteiger partial charge in [-0.25, -0.2) is 4.79 Å². The first kappa shape index (κ1) is 11.3. The van der Waals surface area contributed by atoms with Crippen LogP contribution < -0.4 is 0 Å². The Balaban J connectivity index is 3.27. The second-order valence-corrected chi connectivity index (χ2v) is 3.70. The zero-order chi connectivity index (χ0) is 10.9. The highest BCUT2D eigenvalue weighted by Gasteiger charge is 2.22. The van der Waals surface area contributed by atoms with Crippen molar-refractivity contribution in [2.24, 2.45) is 0 Å². The zero-order valence-electron chi connectivity index (χ0n) is 7.29. The number of carboxylic acids is 1. The molecule has 0 radical (unpaired) electrons. The highest BCUT2D eigenvalue weighted by Crippen LogP contribution is 2.31. The van der Waals surface area contributed by atoms with Crippen molar-refractivity contribution in [1.82, 2.24) is 0 Å². The van der Waals surface area contributed by atoms with Crippen molar-refractivity contribution in [3.8, 4) is 0 Å². The van der Waals surface area contributed by atoms with Crippen LogP contribution in [0.25, 0.3) is 0 Å². The monoisotopic (exact) mass is 234 g/mol. The van der Waals surface area contributed by atoms with Gasteiger partial charge in [0, 0.05) is 15.6 Å². The number of aryl methyl sites for hydroxylation is 1. The third-order valence-corrected chi connectivity index (χ3v) is 2.36. The van der Waals surface area contributed by atoms with Crippen LogP contribution in [0.5, 0.6) is 0 Å². The fourth-order valence-corrected chi connectivity index (χ4v) is 1.90. The van der Waals surface area contributed by atoms with E-state index in [1.165, 1.54) is 0 Å². The minimum Gasteiger partial charge on any atom is -0.479 e. The predicted molar refractivity (Wildman–Crippen MR) is 53.8 cm³/mol. The van der Waals surface area contributed by atoms with E-state index >= 15 is 0 Å². The van der Waals surface area contributed by atoms with Gasteiger partial charge in [-0.3, -0.25) is 0 Å². The smallest absolute Gasteiger partial charge is 0.337 e. The van der Waals surface area contributed by atoms with Crippen molar-refractivity contribution in [2.75, 3.05) is 0 Å². The molecule has 0 amide bonds. The summed E-state index contributed by atoms with van der Waals surface area (Å²) in [5.41, 5.74) is 0.841. The largest absolute Gasteiger partial charge is 0.479 e. The van der Waals surface area contributed by atoms with E-state index in [9.17, 15) is 9.90 Å². The van der Waals surface area contributed by atoms with Gasteiger partial charge < -0.3 is 10.2 Å². The molecule has 0 aliphatic heterocycles. The molecule has 1 rings (SSSR count). The van der Waals surface area contributed by atoms with Gasteiger partial charge in [-0.15, -0.1) is 0 Å². The topological polar surface area (TPSA) is 57.5 Å². The molecule has 1 aromatic carbocycles. The lowest BCUT2D eigenvalue weighted by Gasteiger charge is -2.10. The molecule has 0 aromatic heterocycles. The number of carbonyl (C=O) groups is 1. The maximum Gasteiger partial charge on any atom is 0.337 e. The molecule has 76 valence electrons. The summed E-state index contributed by atoms with van der Waals surface area (Å²) in [6.45, 7) is 1.77. The molecule has 0 fully saturated rings. The minimum absolute atomic E-state index is 0.0337. The van der Waals surface area contributed by atoms with Gasteiger partial charge in [-0.05, 0) is 24.6 Å². The quantitative estimate of drug-likeness (QED) is 0.827. The molecule has 1 unspecified atom stereocenters. The van der Waals surface area contributed by atoms with E-state index in [1.54, 1.807) is 19.1 Å². The molecule has 0 saturated heterocycles. The van der Waals surface area contributed by atoms with Crippen LogP contribution in [-0.4, -0.2) is 16.2 Å². The van der Waals surface area contributed by atoms with Crippen LogP contribution in [0.3, 0.4) is 0 Å². The SMILES string of the molecule is Cc1cc(Cl)c(C(O)C(=O)O)c(Cl)c1.